The molecule has 0 atom stereocenters. The summed E-state index contributed by atoms with van der Waals surface area (Å²) < 4.78 is 20.3. The molecule has 0 radical (unpaired) electrons. The Morgan fingerprint density at radius 1 is 1.32 bits per heavy atom. The first-order chi connectivity index (χ1) is 14.9. The maximum atomic E-state index is 14.3. The van der Waals surface area contributed by atoms with Crippen LogP contribution in [0, 0.1) is 17.1 Å². The SMILES string of the molecule is C=CCc1cc(/C=C2\C(=O)NC(=S)N(c3ccccc3F)C2=O)cc(Br)c1OCC#N. The molecule has 3 rings (SSSR count). The van der Waals surface area contributed by atoms with Crippen LogP contribution in [0.25, 0.3) is 6.08 Å². The van der Waals surface area contributed by atoms with Crippen LogP contribution >= 0.6 is 28.1 Å². The van der Waals surface area contributed by atoms with E-state index in [4.69, 9.17) is 22.2 Å². The average Bonchev–Trinajstić information content (AvgIpc) is 2.72. The highest BCUT2D eigenvalue weighted by molar-refractivity contribution is 9.10. The minimum Gasteiger partial charge on any atom is -0.477 e. The third-order valence-corrected chi connectivity index (χ3v) is 5.17. The monoisotopic (exact) mass is 499 g/mol. The van der Waals surface area contributed by atoms with Crippen LogP contribution in [-0.4, -0.2) is 23.5 Å². The molecule has 1 aliphatic rings. The number of halogens is 2. The molecule has 1 N–H and O–H groups in total. The number of nitrogens with one attached hydrogen (secondary N) is 1. The van der Waals surface area contributed by atoms with Gasteiger partial charge in [-0.15, -0.1) is 6.58 Å². The molecule has 0 spiro atoms. The minimum absolute atomic E-state index is 0.0582. The van der Waals surface area contributed by atoms with Gasteiger partial charge in [0.1, 0.15) is 23.2 Å². The zero-order chi connectivity index (χ0) is 22.5. The van der Waals surface area contributed by atoms with Crippen molar-refractivity contribution in [2.24, 2.45) is 0 Å². The largest absolute Gasteiger partial charge is 0.477 e. The summed E-state index contributed by atoms with van der Waals surface area (Å²) in [5, 5.41) is 11.0. The van der Waals surface area contributed by atoms with Gasteiger partial charge < -0.3 is 4.74 Å². The van der Waals surface area contributed by atoms with Crippen LogP contribution in [0.3, 0.4) is 0 Å². The number of amides is 2. The van der Waals surface area contributed by atoms with Gasteiger partial charge in [0.15, 0.2) is 11.7 Å². The van der Waals surface area contributed by atoms with E-state index >= 15 is 0 Å². The second-order valence-corrected chi connectivity index (χ2v) is 7.58. The fraction of sp³-hybridized carbons (Fsp3) is 0.0909. The Balaban J connectivity index is 2.05. The summed E-state index contributed by atoms with van der Waals surface area (Å²) in [6.45, 7) is 3.57. The maximum Gasteiger partial charge on any atom is 0.270 e. The minimum atomic E-state index is -0.745. The van der Waals surface area contributed by atoms with Gasteiger partial charge in [-0.05, 0) is 76.0 Å². The standard InChI is InChI=1S/C22H15BrFN3O3S/c1-2-5-14-10-13(12-16(23)19(14)30-9-8-25)11-15-20(28)26-22(31)27(21(15)29)18-7-4-3-6-17(18)24/h2-4,6-7,10-12H,1,5,9H2,(H,26,28,31)/b15-11+. The second-order valence-electron chi connectivity index (χ2n) is 6.34. The van der Waals surface area contributed by atoms with E-state index in [9.17, 15) is 14.0 Å². The summed E-state index contributed by atoms with van der Waals surface area (Å²) in [5.74, 6) is -1.61. The first-order valence-electron chi connectivity index (χ1n) is 8.96. The van der Waals surface area contributed by atoms with Crippen molar-refractivity contribution < 1.29 is 18.7 Å². The number of para-hydroxylation sites is 1. The number of hydrogen-bond donors (Lipinski definition) is 1. The number of rotatable bonds is 6. The third-order valence-electron chi connectivity index (χ3n) is 4.29. The molecule has 9 heteroatoms. The predicted octanol–water partition coefficient (Wildman–Crippen LogP) is 4.05. The van der Waals surface area contributed by atoms with Gasteiger partial charge in [-0.2, -0.15) is 5.26 Å². The number of thiocarbonyl (C=S) groups is 1. The summed E-state index contributed by atoms with van der Waals surface area (Å²) >= 11 is 8.49. The van der Waals surface area contributed by atoms with E-state index in [2.05, 4.69) is 27.8 Å². The quantitative estimate of drug-likeness (QED) is 0.280. The molecule has 1 fully saturated rings. The molecule has 31 heavy (non-hydrogen) atoms. The van der Waals surface area contributed by atoms with Crippen LogP contribution in [0.1, 0.15) is 11.1 Å². The van der Waals surface area contributed by atoms with Crippen LogP contribution in [-0.2, 0) is 16.0 Å². The molecule has 0 bridgehead atoms. The Labute approximate surface area is 191 Å². The normalized spacial score (nSPS) is 14.9. The summed E-state index contributed by atoms with van der Waals surface area (Å²) in [6.07, 6.45) is 3.48. The molecule has 1 aliphatic heterocycles. The Hall–Kier alpha value is -3.35. The molecule has 2 aromatic carbocycles. The number of carbonyl (C=O) groups excluding carboxylic acids is 2. The highest BCUT2D eigenvalue weighted by Crippen LogP contribution is 2.33. The van der Waals surface area contributed by atoms with E-state index in [0.29, 0.717) is 27.8 Å². The topological polar surface area (TPSA) is 82.4 Å². The van der Waals surface area contributed by atoms with E-state index in [-0.39, 0.29) is 23.0 Å². The number of anilines is 1. The molecule has 0 unspecified atom stereocenters. The van der Waals surface area contributed by atoms with Crippen molar-refractivity contribution in [3.63, 3.8) is 0 Å². The number of nitriles is 1. The number of ether oxygens (including phenoxy) is 1. The van der Waals surface area contributed by atoms with Crippen LogP contribution in [0.5, 0.6) is 5.75 Å². The molecule has 6 nitrogen and oxygen atoms in total. The number of carbonyl (C=O) groups is 2. The van der Waals surface area contributed by atoms with Gasteiger partial charge in [0.2, 0.25) is 0 Å². The van der Waals surface area contributed by atoms with E-state index in [1.807, 2.05) is 6.07 Å². The first-order valence-corrected chi connectivity index (χ1v) is 10.2. The molecule has 2 aromatic rings. The van der Waals surface area contributed by atoms with Crippen molar-refractivity contribution in [2.75, 3.05) is 11.5 Å². The number of allylic oxidation sites excluding steroid dienone is 1. The van der Waals surface area contributed by atoms with Crippen molar-refractivity contribution in [1.82, 2.24) is 5.32 Å². The predicted molar refractivity (Wildman–Crippen MR) is 122 cm³/mol. The second kappa shape index (κ2) is 9.64. The zero-order valence-corrected chi connectivity index (χ0v) is 18.4. The number of benzene rings is 2. The Bertz CT molecular complexity index is 1170. The smallest absolute Gasteiger partial charge is 0.270 e. The molecular weight excluding hydrogens is 485 g/mol. The van der Waals surface area contributed by atoms with Crippen molar-refractivity contribution in [1.29, 1.82) is 5.26 Å². The molecule has 0 aliphatic carbocycles. The van der Waals surface area contributed by atoms with Gasteiger partial charge in [-0.3, -0.25) is 14.9 Å². The molecule has 0 saturated carbocycles. The van der Waals surface area contributed by atoms with Gasteiger partial charge in [-0.25, -0.2) is 9.29 Å². The molecule has 1 saturated heterocycles. The summed E-state index contributed by atoms with van der Waals surface area (Å²) in [6, 6.07) is 10.9. The fourth-order valence-electron chi connectivity index (χ4n) is 3.01. The van der Waals surface area contributed by atoms with Crippen LogP contribution in [0.15, 0.2) is 59.1 Å². The molecule has 0 aromatic heterocycles. The Kier molecular flexibility index (Phi) is 6.95. The average molecular weight is 500 g/mol. The number of nitrogens with zero attached hydrogens (tertiary/aromatic N) is 2. The van der Waals surface area contributed by atoms with Gasteiger partial charge in [0, 0.05) is 0 Å². The van der Waals surface area contributed by atoms with Crippen LogP contribution in [0.4, 0.5) is 10.1 Å². The Morgan fingerprint density at radius 3 is 2.74 bits per heavy atom. The lowest BCUT2D eigenvalue weighted by Gasteiger charge is -2.29. The van der Waals surface area contributed by atoms with Crippen molar-refractivity contribution in [3.05, 3.63) is 76.0 Å². The van der Waals surface area contributed by atoms with Crippen LogP contribution < -0.4 is 15.0 Å². The van der Waals surface area contributed by atoms with Crippen molar-refractivity contribution in [3.8, 4) is 11.8 Å². The van der Waals surface area contributed by atoms with Gasteiger partial charge in [-0.1, -0.05) is 18.2 Å². The summed E-state index contributed by atoms with van der Waals surface area (Å²) in [7, 11) is 0. The summed E-state index contributed by atoms with van der Waals surface area (Å²) in [4.78, 5) is 26.5. The highest BCUT2D eigenvalue weighted by atomic mass is 79.9. The van der Waals surface area contributed by atoms with E-state index in [1.54, 1.807) is 24.3 Å². The third kappa shape index (κ3) is 4.71. The van der Waals surface area contributed by atoms with E-state index in [1.165, 1.54) is 24.3 Å². The van der Waals surface area contributed by atoms with E-state index in [0.717, 1.165) is 4.90 Å². The summed E-state index contributed by atoms with van der Waals surface area (Å²) in [5.41, 5.74) is 0.959. The molecule has 2 amide bonds. The lowest BCUT2D eigenvalue weighted by molar-refractivity contribution is -0.122. The molecule has 1 heterocycles. The molecular formula is C22H15BrFN3O3S. The van der Waals surface area contributed by atoms with Crippen LogP contribution in [0.2, 0.25) is 0 Å². The first kappa shape index (κ1) is 22.3. The van der Waals surface area contributed by atoms with E-state index < -0.39 is 17.6 Å². The lowest BCUT2D eigenvalue weighted by atomic mass is 10.0. The molecule has 156 valence electrons. The van der Waals surface area contributed by atoms with Gasteiger partial charge >= 0.3 is 0 Å². The van der Waals surface area contributed by atoms with Crippen molar-refractivity contribution >= 4 is 56.8 Å². The number of hydrogen-bond acceptors (Lipinski definition) is 5. The fourth-order valence-corrected chi connectivity index (χ4v) is 3.91. The lowest BCUT2D eigenvalue weighted by Crippen LogP contribution is -2.54. The van der Waals surface area contributed by atoms with Crippen molar-refractivity contribution in [2.45, 2.75) is 6.42 Å². The Morgan fingerprint density at radius 2 is 2.06 bits per heavy atom. The highest BCUT2D eigenvalue weighted by Gasteiger charge is 2.35. The van der Waals surface area contributed by atoms with Gasteiger partial charge in [0.05, 0.1) is 10.2 Å². The van der Waals surface area contributed by atoms with Gasteiger partial charge in [0.25, 0.3) is 11.8 Å². The maximum absolute atomic E-state index is 14.3. The zero-order valence-electron chi connectivity index (χ0n) is 16.0.